The zero-order chi connectivity index (χ0) is 13.8. The third-order valence-corrected chi connectivity index (χ3v) is 4.59. The largest absolute Gasteiger partial charge is 0.399 e. The summed E-state index contributed by atoms with van der Waals surface area (Å²) in [7, 11) is -0.839. The van der Waals surface area contributed by atoms with Gasteiger partial charge in [-0.1, -0.05) is 22.9 Å². The smallest absolute Gasteiger partial charge is 0.183 e. The van der Waals surface area contributed by atoms with Crippen molar-refractivity contribution in [2.45, 2.75) is 13.5 Å². The molecule has 2 rings (SSSR count). The van der Waals surface area contributed by atoms with Crippen LogP contribution < -0.4 is 5.73 Å². The van der Waals surface area contributed by atoms with Crippen LogP contribution in [0.3, 0.4) is 0 Å². The summed E-state index contributed by atoms with van der Waals surface area (Å²) in [4.78, 5) is 0. The molecule has 1 unspecified atom stereocenters. The molecular weight excluding hydrogens is 330 g/mol. The van der Waals surface area contributed by atoms with Crippen molar-refractivity contribution >= 4 is 32.4 Å². The van der Waals surface area contributed by atoms with Crippen molar-refractivity contribution in [1.82, 2.24) is 20.2 Å². The van der Waals surface area contributed by atoms with E-state index in [4.69, 9.17) is 5.73 Å². The quantitative estimate of drug-likeness (QED) is 0.830. The number of nitrogens with two attached hydrogens (primary N) is 1. The zero-order valence-corrected chi connectivity index (χ0v) is 12.8. The van der Waals surface area contributed by atoms with E-state index in [0.29, 0.717) is 29.6 Å². The molecule has 0 saturated heterocycles. The molecule has 0 radical (unpaired) electrons. The van der Waals surface area contributed by atoms with Crippen molar-refractivity contribution in [3.63, 3.8) is 0 Å². The van der Waals surface area contributed by atoms with Gasteiger partial charge in [-0.15, -0.1) is 5.10 Å². The van der Waals surface area contributed by atoms with Crippen molar-refractivity contribution in [1.29, 1.82) is 0 Å². The van der Waals surface area contributed by atoms with Crippen LogP contribution in [0.25, 0.3) is 11.4 Å². The van der Waals surface area contributed by atoms with Crippen LogP contribution >= 0.6 is 15.9 Å². The Hall–Kier alpha value is -1.28. The van der Waals surface area contributed by atoms with Gasteiger partial charge in [0.2, 0.25) is 0 Å². The summed E-state index contributed by atoms with van der Waals surface area (Å²) in [5.74, 6) is 1.79. The van der Waals surface area contributed by atoms with Crippen LogP contribution in [0, 0.1) is 0 Å². The van der Waals surface area contributed by atoms with E-state index in [1.807, 2.05) is 19.1 Å². The number of halogens is 1. The molecule has 6 nitrogen and oxygen atoms in total. The van der Waals surface area contributed by atoms with Gasteiger partial charge in [-0.2, -0.15) is 0 Å². The average molecular weight is 344 g/mol. The van der Waals surface area contributed by atoms with Gasteiger partial charge in [-0.05, 0) is 28.6 Å². The molecule has 102 valence electrons. The van der Waals surface area contributed by atoms with E-state index in [9.17, 15) is 4.21 Å². The summed E-state index contributed by atoms with van der Waals surface area (Å²) in [5, 5.41) is 11.6. The van der Waals surface area contributed by atoms with Crippen LogP contribution in [0.2, 0.25) is 0 Å². The van der Waals surface area contributed by atoms with Gasteiger partial charge in [0.1, 0.15) is 0 Å². The molecule has 1 atom stereocenters. The number of anilines is 1. The number of hydrogen-bond donors (Lipinski definition) is 1. The van der Waals surface area contributed by atoms with E-state index in [-0.39, 0.29) is 0 Å². The highest BCUT2D eigenvalue weighted by molar-refractivity contribution is 9.10. The van der Waals surface area contributed by atoms with Crippen molar-refractivity contribution in [3.05, 3.63) is 22.7 Å². The number of rotatable bonds is 5. The van der Waals surface area contributed by atoms with Gasteiger partial charge in [0.15, 0.2) is 5.82 Å². The molecule has 0 aliphatic rings. The molecule has 0 aliphatic heterocycles. The Morgan fingerprint density at radius 2 is 2.26 bits per heavy atom. The molecule has 2 N–H and O–H groups in total. The van der Waals surface area contributed by atoms with Gasteiger partial charge < -0.3 is 5.73 Å². The Morgan fingerprint density at radius 3 is 3.00 bits per heavy atom. The van der Waals surface area contributed by atoms with Crippen molar-refractivity contribution in [2.75, 3.05) is 17.2 Å². The van der Waals surface area contributed by atoms with Gasteiger partial charge in [0.05, 0.1) is 6.54 Å². The maximum absolute atomic E-state index is 11.5. The first-order chi connectivity index (χ1) is 9.11. The Bertz CT molecular complexity index is 601. The minimum absolute atomic E-state index is 0.518. The van der Waals surface area contributed by atoms with Gasteiger partial charge >= 0.3 is 0 Å². The third-order valence-electron chi connectivity index (χ3n) is 2.62. The average Bonchev–Trinajstić information content (AvgIpc) is 2.87. The molecule has 19 heavy (non-hydrogen) atoms. The lowest BCUT2D eigenvalue weighted by Gasteiger charge is -2.06. The molecular formula is C11H14BrN5OS. The van der Waals surface area contributed by atoms with Crippen molar-refractivity contribution in [3.8, 4) is 11.4 Å². The van der Waals surface area contributed by atoms with Crippen LogP contribution in [0.5, 0.6) is 0 Å². The van der Waals surface area contributed by atoms with Crippen molar-refractivity contribution in [2.24, 2.45) is 0 Å². The van der Waals surface area contributed by atoms with E-state index in [1.165, 1.54) is 0 Å². The lowest BCUT2D eigenvalue weighted by Crippen LogP contribution is -2.11. The topological polar surface area (TPSA) is 86.7 Å². The number of benzene rings is 1. The highest BCUT2D eigenvalue weighted by Crippen LogP contribution is 2.28. The molecule has 1 aromatic heterocycles. The maximum atomic E-state index is 11.5. The lowest BCUT2D eigenvalue weighted by molar-refractivity contribution is 0.624. The Balaban J connectivity index is 2.28. The first-order valence-corrected chi connectivity index (χ1v) is 8.06. The number of aromatic nitrogens is 4. The highest BCUT2D eigenvalue weighted by atomic mass is 79.9. The number of hydrogen-bond acceptors (Lipinski definition) is 5. The number of aryl methyl sites for hydroxylation is 1. The zero-order valence-electron chi connectivity index (χ0n) is 10.4. The molecule has 1 aromatic carbocycles. The normalized spacial score (nSPS) is 12.5. The van der Waals surface area contributed by atoms with Crippen LogP contribution in [-0.4, -0.2) is 35.9 Å². The van der Waals surface area contributed by atoms with Gasteiger partial charge in [0.25, 0.3) is 0 Å². The van der Waals surface area contributed by atoms with Crippen LogP contribution in [-0.2, 0) is 17.3 Å². The standard InChI is InChI=1S/C11H14BrN5OS/c1-2-19(18)6-5-17-11(14-15-16-17)9-7-8(13)3-4-10(9)12/h3-4,7H,2,5-6,13H2,1H3. The minimum Gasteiger partial charge on any atom is -0.399 e. The van der Waals surface area contributed by atoms with Crippen LogP contribution in [0.15, 0.2) is 22.7 Å². The Kier molecular flexibility index (Phi) is 4.65. The van der Waals surface area contributed by atoms with Crippen molar-refractivity contribution < 1.29 is 4.21 Å². The fraction of sp³-hybridized carbons (Fsp3) is 0.364. The number of tetrazole rings is 1. The second kappa shape index (κ2) is 6.25. The predicted molar refractivity (Wildman–Crippen MR) is 78.9 cm³/mol. The fourth-order valence-electron chi connectivity index (χ4n) is 1.60. The molecule has 0 saturated carbocycles. The summed E-state index contributed by atoms with van der Waals surface area (Å²) in [6.45, 7) is 2.41. The maximum Gasteiger partial charge on any atom is 0.183 e. The Morgan fingerprint density at radius 1 is 1.47 bits per heavy atom. The minimum atomic E-state index is -0.839. The molecule has 8 heteroatoms. The monoisotopic (exact) mass is 343 g/mol. The van der Waals surface area contributed by atoms with E-state index in [0.717, 1.165) is 10.0 Å². The van der Waals surface area contributed by atoms with Crippen LogP contribution in [0.4, 0.5) is 5.69 Å². The SMILES string of the molecule is CCS(=O)CCn1nnnc1-c1cc(N)ccc1Br. The van der Waals surface area contributed by atoms with E-state index in [1.54, 1.807) is 10.7 Å². The van der Waals surface area contributed by atoms with Gasteiger partial charge in [0, 0.05) is 38.0 Å². The molecule has 0 bridgehead atoms. The fourth-order valence-corrected chi connectivity index (χ4v) is 2.68. The summed E-state index contributed by atoms with van der Waals surface area (Å²) in [6.07, 6.45) is 0. The van der Waals surface area contributed by atoms with Gasteiger partial charge in [-0.3, -0.25) is 4.21 Å². The number of nitrogens with zero attached hydrogens (tertiary/aromatic N) is 4. The first-order valence-electron chi connectivity index (χ1n) is 5.78. The second-order valence-electron chi connectivity index (χ2n) is 3.90. The third kappa shape index (κ3) is 3.38. The summed E-state index contributed by atoms with van der Waals surface area (Å²) in [5.41, 5.74) is 7.25. The summed E-state index contributed by atoms with van der Waals surface area (Å²) >= 11 is 3.46. The van der Waals surface area contributed by atoms with Gasteiger partial charge in [-0.25, -0.2) is 4.68 Å². The van der Waals surface area contributed by atoms with E-state index in [2.05, 4.69) is 31.5 Å². The molecule has 0 aliphatic carbocycles. The lowest BCUT2D eigenvalue weighted by atomic mass is 10.2. The van der Waals surface area contributed by atoms with E-state index >= 15 is 0 Å². The number of nitrogen functional groups attached to an aromatic ring is 1. The highest BCUT2D eigenvalue weighted by Gasteiger charge is 2.13. The Labute approximate surface area is 122 Å². The summed E-state index contributed by atoms with van der Waals surface area (Å²) < 4.78 is 14.0. The second-order valence-corrected chi connectivity index (χ2v) is 6.62. The van der Waals surface area contributed by atoms with Crippen LogP contribution in [0.1, 0.15) is 6.92 Å². The first kappa shape index (κ1) is 14.1. The molecule has 2 aromatic rings. The molecule has 0 amide bonds. The summed E-state index contributed by atoms with van der Waals surface area (Å²) in [6, 6.07) is 5.46. The molecule has 1 heterocycles. The molecule has 0 spiro atoms. The molecule has 0 fully saturated rings. The van der Waals surface area contributed by atoms with E-state index < -0.39 is 10.8 Å². The predicted octanol–water partition coefficient (Wildman–Crippen LogP) is 1.45.